The van der Waals surface area contributed by atoms with Gasteiger partial charge in [0.1, 0.15) is 0 Å². The molecule has 0 radical (unpaired) electrons. The minimum absolute atomic E-state index is 0.189. The van der Waals surface area contributed by atoms with Crippen molar-refractivity contribution in [3.8, 4) is 0 Å². The fourth-order valence-electron chi connectivity index (χ4n) is 1.92. The Morgan fingerprint density at radius 3 is 2.75 bits per heavy atom. The highest BCUT2D eigenvalue weighted by atomic mass is 16.5. The number of hydrogen-bond acceptors (Lipinski definition) is 5. The topological polar surface area (TPSA) is 79.5 Å². The Bertz CT molecular complexity index is 404. The van der Waals surface area contributed by atoms with Crippen molar-refractivity contribution in [2.75, 3.05) is 6.54 Å². The van der Waals surface area contributed by atoms with Gasteiger partial charge in [-0.15, -0.1) is 0 Å². The lowest BCUT2D eigenvalue weighted by Crippen LogP contribution is -2.31. The molecule has 6 nitrogen and oxygen atoms in total. The number of nitrogens with zero attached hydrogens (tertiary/aromatic N) is 3. The maximum Gasteiger partial charge on any atom is 0.303 e. The highest BCUT2D eigenvalue weighted by Gasteiger charge is 2.15. The van der Waals surface area contributed by atoms with Crippen LogP contribution in [0.25, 0.3) is 0 Å². The molecule has 0 atom stereocenters. The van der Waals surface area contributed by atoms with Crippen LogP contribution < -0.4 is 0 Å². The third-order valence-electron chi connectivity index (χ3n) is 3.17. The number of rotatable bonds is 10. The lowest BCUT2D eigenvalue weighted by Gasteiger charge is -2.24. The van der Waals surface area contributed by atoms with Gasteiger partial charge >= 0.3 is 5.97 Å². The van der Waals surface area contributed by atoms with E-state index in [2.05, 4.69) is 35.8 Å². The number of carboxylic acids is 1. The number of unbranched alkanes of at least 4 members (excludes halogenated alkanes) is 1. The summed E-state index contributed by atoms with van der Waals surface area (Å²) in [5.41, 5.74) is 0. The molecule has 20 heavy (non-hydrogen) atoms. The molecule has 0 spiro atoms. The molecule has 0 aromatic carbocycles. The summed E-state index contributed by atoms with van der Waals surface area (Å²) in [5.74, 6) is 0.615. The quantitative estimate of drug-likeness (QED) is 0.710. The van der Waals surface area contributed by atoms with Crippen LogP contribution in [-0.2, 0) is 17.8 Å². The molecule has 1 heterocycles. The van der Waals surface area contributed by atoms with Crippen LogP contribution in [0.5, 0.6) is 0 Å². The number of aliphatic carboxylic acids is 1. The molecule has 1 rings (SSSR count). The van der Waals surface area contributed by atoms with Crippen LogP contribution >= 0.6 is 0 Å². The molecule has 0 bridgehead atoms. The van der Waals surface area contributed by atoms with Gasteiger partial charge in [0.15, 0.2) is 5.82 Å². The van der Waals surface area contributed by atoms with Crippen LogP contribution in [0, 0.1) is 0 Å². The SMILES string of the molecule is CCCCc1noc(CN(CCCC(=O)O)C(C)C)n1. The average molecular weight is 283 g/mol. The Labute approximate surface area is 120 Å². The number of aromatic nitrogens is 2. The molecule has 0 amide bonds. The average Bonchev–Trinajstić information content (AvgIpc) is 2.82. The zero-order valence-electron chi connectivity index (χ0n) is 12.6. The van der Waals surface area contributed by atoms with Crippen LogP contribution in [0.3, 0.4) is 0 Å². The Hall–Kier alpha value is -1.43. The van der Waals surface area contributed by atoms with Gasteiger partial charge in [-0.1, -0.05) is 18.5 Å². The fourth-order valence-corrected chi connectivity index (χ4v) is 1.92. The van der Waals surface area contributed by atoms with Gasteiger partial charge in [0.05, 0.1) is 6.54 Å². The van der Waals surface area contributed by atoms with E-state index >= 15 is 0 Å². The van der Waals surface area contributed by atoms with Crippen molar-refractivity contribution >= 4 is 5.97 Å². The van der Waals surface area contributed by atoms with E-state index in [1.807, 2.05) is 0 Å². The smallest absolute Gasteiger partial charge is 0.303 e. The third-order valence-corrected chi connectivity index (χ3v) is 3.17. The molecule has 114 valence electrons. The molecule has 1 aromatic rings. The first-order valence-corrected chi connectivity index (χ1v) is 7.30. The number of hydrogen-bond donors (Lipinski definition) is 1. The molecule has 1 aromatic heterocycles. The highest BCUT2D eigenvalue weighted by molar-refractivity contribution is 5.66. The van der Waals surface area contributed by atoms with Crippen molar-refractivity contribution in [2.45, 2.75) is 65.5 Å². The molecule has 0 unspecified atom stereocenters. The van der Waals surface area contributed by atoms with Crippen LogP contribution in [0.4, 0.5) is 0 Å². The van der Waals surface area contributed by atoms with Crippen molar-refractivity contribution in [1.82, 2.24) is 15.0 Å². The summed E-state index contributed by atoms with van der Waals surface area (Å²) in [5, 5.41) is 12.6. The molecule has 0 aliphatic heterocycles. The second-order valence-corrected chi connectivity index (χ2v) is 5.27. The Kier molecular flexibility index (Phi) is 7.22. The maximum atomic E-state index is 10.6. The zero-order valence-corrected chi connectivity index (χ0v) is 12.6. The first-order chi connectivity index (χ1) is 9.52. The van der Waals surface area contributed by atoms with E-state index in [0.717, 1.165) is 31.6 Å². The predicted molar refractivity (Wildman–Crippen MR) is 75.3 cm³/mol. The molecule has 0 fully saturated rings. The Morgan fingerprint density at radius 1 is 1.40 bits per heavy atom. The molecule has 0 saturated heterocycles. The summed E-state index contributed by atoms with van der Waals surface area (Å²) in [6.07, 6.45) is 3.84. The van der Waals surface area contributed by atoms with E-state index in [0.29, 0.717) is 24.9 Å². The van der Waals surface area contributed by atoms with E-state index in [9.17, 15) is 4.79 Å². The van der Waals surface area contributed by atoms with Crippen molar-refractivity contribution in [3.63, 3.8) is 0 Å². The van der Waals surface area contributed by atoms with Crippen molar-refractivity contribution in [2.24, 2.45) is 0 Å². The predicted octanol–water partition coefficient (Wildman–Crippen LogP) is 2.49. The van der Waals surface area contributed by atoms with Gasteiger partial charge in [0.2, 0.25) is 5.89 Å². The highest BCUT2D eigenvalue weighted by Crippen LogP contribution is 2.09. The van der Waals surface area contributed by atoms with Crippen LogP contribution in [0.1, 0.15) is 58.2 Å². The van der Waals surface area contributed by atoms with Gasteiger partial charge in [-0.05, 0) is 33.2 Å². The Balaban J connectivity index is 2.48. The second-order valence-electron chi connectivity index (χ2n) is 5.27. The van der Waals surface area contributed by atoms with Crippen molar-refractivity contribution in [1.29, 1.82) is 0 Å². The summed E-state index contributed by atoms with van der Waals surface area (Å²) in [6.45, 7) is 7.58. The summed E-state index contributed by atoms with van der Waals surface area (Å²) < 4.78 is 5.25. The molecule has 0 aliphatic carbocycles. The van der Waals surface area contributed by atoms with Crippen LogP contribution in [0.2, 0.25) is 0 Å². The van der Waals surface area contributed by atoms with Gasteiger partial charge < -0.3 is 9.63 Å². The van der Waals surface area contributed by atoms with E-state index in [-0.39, 0.29) is 6.42 Å². The molecule has 1 N–H and O–H groups in total. The van der Waals surface area contributed by atoms with Crippen LogP contribution in [0.15, 0.2) is 4.52 Å². The van der Waals surface area contributed by atoms with Gasteiger partial charge in [0.25, 0.3) is 0 Å². The molecular formula is C14H25N3O3. The first kappa shape index (κ1) is 16.6. The molecule has 0 saturated carbocycles. The minimum Gasteiger partial charge on any atom is -0.481 e. The minimum atomic E-state index is -0.756. The van der Waals surface area contributed by atoms with Gasteiger partial charge in [-0.3, -0.25) is 9.69 Å². The zero-order chi connectivity index (χ0) is 15.0. The summed E-state index contributed by atoms with van der Waals surface area (Å²) in [6, 6.07) is 0.315. The van der Waals surface area contributed by atoms with Crippen molar-refractivity contribution in [3.05, 3.63) is 11.7 Å². The molecule has 6 heteroatoms. The van der Waals surface area contributed by atoms with E-state index < -0.39 is 5.97 Å². The number of carbonyl (C=O) groups is 1. The van der Waals surface area contributed by atoms with E-state index in [4.69, 9.17) is 9.63 Å². The lowest BCUT2D eigenvalue weighted by atomic mass is 10.2. The monoisotopic (exact) mass is 283 g/mol. The maximum absolute atomic E-state index is 10.6. The number of aryl methyl sites for hydroxylation is 1. The number of carboxylic acid groups (broad SMARTS) is 1. The summed E-state index contributed by atoms with van der Waals surface area (Å²) >= 11 is 0. The first-order valence-electron chi connectivity index (χ1n) is 7.30. The van der Waals surface area contributed by atoms with Gasteiger partial charge in [-0.25, -0.2) is 0 Å². The fraction of sp³-hybridized carbons (Fsp3) is 0.786. The Morgan fingerprint density at radius 2 is 2.15 bits per heavy atom. The second kappa shape index (κ2) is 8.68. The summed E-state index contributed by atoms with van der Waals surface area (Å²) in [7, 11) is 0. The lowest BCUT2D eigenvalue weighted by molar-refractivity contribution is -0.137. The third kappa shape index (κ3) is 6.14. The molecule has 0 aliphatic rings. The normalized spacial score (nSPS) is 11.4. The van der Waals surface area contributed by atoms with Crippen LogP contribution in [-0.4, -0.2) is 38.7 Å². The standard InChI is InChI=1S/C14H25N3O3/c1-4-5-7-12-15-13(20-16-12)10-17(11(2)3)9-6-8-14(18)19/h11H,4-10H2,1-3H3,(H,18,19). The van der Waals surface area contributed by atoms with Gasteiger partial charge in [-0.2, -0.15) is 4.98 Å². The van der Waals surface area contributed by atoms with Crippen molar-refractivity contribution < 1.29 is 14.4 Å². The van der Waals surface area contributed by atoms with E-state index in [1.165, 1.54) is 0 Å². The summed E-state index contributed by atoms with van der Waals surface area (Å²) in [4.78, 5) is 17.1. The van der Waals surface area contributed by atoms with Gasteiger partial charge in [0, 0.05) is 18.9 Å². The van der Waals surface area contributed by atoms with E-state index in [1.54, 1.807) is 0 Å². The molecular weight excluding hydrogens is 258 g/mol. The largest absolute Gasteiger partial charge is 0.481 e.